The van der Waals surface area contributed by atoms with Crippen LogP contribution >= 0.6 is 11.8 Å². The van der Waals surface area contributed by atoms with Gasteiger partial charge in [-0.25, -0.2) is 0 Å². The van der Waals surface area contributed by atoms with Crippen LogP contribution in [0.2, 0.25) is 0 Å². The van der Waals surface area contributed by atoms with Gasteiger partial charge in [0.15, 0.2) is 0 Å². The van der Waals surface area contributed by atoms with Gasteiger partial charge in [0.1, 0.15) is 11.2 Å². The van der Waals surface area contributed by atoms with E-state index in [-0.39, 0.29) is 5.92 Å². The van der Waals surface area contributed by atoms with Crippen molar-refractivity contribution in [2.24, 2.45) is 0 Å². The number of rotatable bonds is 7. The monoisotopic (exact) mass is 317 g/mol. The molecule has 6 heteroatoms. The van der Waals surface area contributed by atoms with E-state index in [1.807, 2.05) is 12.3 Å². The molecule has 21 heavy (non-hydrogen) atoms. The molecule has 116 valence electrons. The number of benzene rings is 1. The number of thioether (sulfide) groups is 1. The predicted molar refractivity (Wildman–Crippen MR) is 78.3 cm³/mol. The molecule has 1 aromatic rings. The minimum Gasteiger partial charge on any atom is -0.494 e. The summed E-state index contributed by atoms with van der Waals surface area (Å²) in [6.07, 6.45) is -3.01. The summed E-state index contributed by atoms with van der Waals surface area (Å²) in [5, 5.41) is 10.5. The maximum Gasteiger partial charge on any atom is 0.416 e. The topological polar surface area (TPSA) is 33.0 Å². The Balaban J connectivity index is 3.11. The molecule has 1 atom stereocenters. The molecule has 0 aliphatic carbocycles. The maximum absolute atomic E-state index is 12.9. The summed E-state index contributed by atoms with van der Waals surface area (Å²) in [4.78, 5) is 0. The molecular weight excluding hydrogens is 299 g/mol. The van der Waals surface area contributed by atoms with E-state index in [4.69, 9.17) is 10.00 Å². The summed E-state index contributed by atoms with van der Waals surface area (Å²) in [6.45, 7) is 4.13. The molecule has 0 radical (unpaired) electrons. The van der Waals surface area contributed by atoms with Gasteiger partial charge in [0, 0.05) is 5.75 Å². The van der Waals surface area contributed by atoms with E-state index >= 15 is 0 Å². The number of ether oxygens (including phenoxy) is 1. The van der Waals surface area contributed by atoms with E-state index in [0.29, 0.717) is 36.5 Å². The molecule has 0 aliphatic rings. The minimum absolute atomic E-state index is 0.0466. The molecule has 0 saturated carbocycles. The Bertz CT molecular complexity index is 497. The molecule has 0 N–H and O–H groups in total. The van der Waals surface area contributed by atoms with Crippen LogP contribution in [-0.2, 0) is 6.18 Å². The van der Waals surface area contributed by atoms with Crippen LogP contribution < -0.4 is 4.74 Å². The summed E-state index contributed by atoms with van der Waals surface area (Å²) >= 11 is 1.12. The molecule has 0 aromatic heterocycles. The maximum atomic E-state index is 12.9. The second-order valence-electron chi connectivity index (χ2n) is 4.52. The van der Waals surface area contributed by atoms with Crippen molar-refractivity contribution in [1.82, 2.24) is 0 Å². The summed E-state index contributed by atoms with van der Waals surface area (Å²) in [6, 6.07) is 3.61. The fourth-order valence-corrected chi connectivity index (χ4v) is 2.65. The molecule has 1 unspecified atom stereocenters. The smallest absolute Gasteiger partial charge is 0.416 e. The van der Waals surface area contributed by atoms with Crippen molar-refractivity contribution in [2.45, 2.75) is 38.8 Å². The molecule has 0 fully saturated rings. The van der Waals surface area contributed by atoms with Crippen molar-refractivity contribution in [3.63, 3.8) is 0 Å². The van der Waals surface area contributed by atoms with E-state index in [9.17, 15) is 13.2 Å². The normalized spacial score (nSPS) is 12.8. The van der Waals surface area contributed by atoms with Crippen LogP contribution in [0.15, 0.2) is 18.2 Å². The summed E-state index contributed by atoms with van der Waals surface area (Å²) in [5.74, 6) is 1.05. The first kappa shape index (κ1) is 17.7. The van der Waals surface area contributed by atoms with E-state index < -0.39 is 11.7 Å². The third-order valence-electron chi connectivity index (χ3n) is 3.20. The Labute approximate surface area is 127 Å². The highest BCUT2D eigenvalue weighted by Crippen LogP contribution is 2.38. The highest BCUT2D eigenvalue weighted by atomic mass is 32.2. The number of halogens is 3. The number of hydrogen-bond donors (Lipinski definition) is 0. The Hall–Kier alpha value is -1.35. The molecule has 0 aliphatic heterocycles. The van der Waals surface area contributed by atoms with Crippen LogP contribution in [0.4, 0.5) is 13.2 Å². The molecule has 1 aromatic carbocycles. The average Bonchev–Trinajstić information content (AvgIpc) is 2.44. The Morgan fingerprint density at radius 1 is 1.33 bits per heavy atom. The van der Waals surface area contributed by atoms with Gasteiger partial charge in [0.05, 0.1) is 12.2 Å². The Morgan fingerprint density at radius 2 is 2.05 bits per heavy atom. The minimum atomic E-state index is -4.36. The van der Waals surface area contributed by atoms with Crippen molar-refractivity contribution >= 4 is 11.8 Å². The molecule has 0 bridgehead atoms. The number of nitrogens with zero attached hydrogens (tertiary/aromatic N) is 1. The van der Waals surface area contributed by atoms with Crippen molar-refractivity contribution in [1.29, 1.82) is 5.26 Å². The Morgan fingerprint density at radius 3 is 2.57 bits per heavy atom. The lowest BCUT2D eigenvalue weighted by molar-refractivity contribution is -0.137. The third kappa shape index (κ3) is 5.16. The highest BCUT2D eigenvalue weighted by Gasteiger charge is 2.32. The molecule has 0 heterocycles. The van der Waals surface area contributed by atoms with E-state index in [1.165, 1.54) is 12.1 Å². The van der Waals surface area contributed by atoms with Gasteiger partial charge in [0.2, 0.25) is 0 Å². The lowest BCUT2D eigenvalue weighted by Gasteiger charge is -2.20. The summed E-state index contributed by atoms with van der Waals surface area (Å²) < 4.78 is 44.1. The zero-order chi connectivity index (χ0) is 15.9. The quantitative estimate of drug-likeness (QED) is 0.512. The van der Waals surface area contributed by atoms with Gasteiger partial charge in [-0.2, -0.15) is 18.4 Å². The number of thiocyanates is 1. The fraction of sp³-hybridized carbons (Fsp3) is 0.533. The van der Waals surface area contributed by atoms with Crippen LogP contribution in [0.1, 0.15) is 43.7 Å². The van der Waals surface area contributed by atoms with E-state index in [2.05, 4.69) is 0 Å². The van der Waals surface area contributed by atoms with Gasteiger partial charge in [-0.05, 0) is 61.2 Å². The van der Waals surface area contributed by atoms with Crippen molar-refractivity contribution in [3.05, 3.63) is 29.3 Å². The second-order valence-corrected chi connectivity index (χ2v) is 5.40. The first-order valence-electron chi connectivity index (χ1n) is 6.78. The van der Waals surface area contributed by atoms with E-state index in [1.54, 1.807) is 6.92 Å². The first-order valence-corrected chi connectivity index (χ1v) is 7.77. The van der Waals surface area contributed by atoms with Crippen LogP contribution in [0.5, 0.6) is 5.75 Å². The SMILES string of the molecule is CCOc1ccc(C(F)(F)F)cc1C(CC)CCSC#N. The first-order chi connectivity index (χ1) is 9.93. The van der Waals surface area contributed by atoms with Gasteiger partial charge in [-0.1, -0.05) is 6.92 Å². The molecule has 1 rings (SSSR count). The third-order valence-corrected chi connectivity index (χ3v) is 3.77. The molecule has 2 nitrogen and oxygen atoms in total. The van der Waals surface area contributed by atoms with Crippen LogP contribution in [0.25, 0.3) is 0 Å². The van der Waals surface area contributed by atoms with E-state index in [0.717, 1.165) is 17.8 Å². The number of hydrogen-bond acceptors (Lipinski definition) is 3. The molecular formula is C15H18F3NOS. The van der Waals surface area contributed by atoms with Crippen molar-refractivity contribution < 1.29 is 17.9 Å². The van der Waals surface area contributed by atoms with Gasteiger partial charge >= 0.3 is 6.18 Å². The molecule has 0 saturated heterocycles. The summed E-state index contributed by atoms with van der Waals surface area (Å²) in [7, 11) is 0. The van der Waals surface area contributed by atoms with Crippen LogP contribution in [-0.4, -0.2) is 12.4 Å². The van der Waals surface area contributed by atoms with Gasteiger partial charge in [0.25, 0.3) is 0 Å². The van der Waals surface area contributed by atoms with Crippen LogP contribution in [0, 0.1) is 10.7 Å². The molecule has 0 spiro atoms. The highest BCUT2D eigenvalue weighted by molar-refractivity contribution is 8.03. The largest absolute Gasteiger partial charge is 0.494 e. The van der Waals surface area contributed by atoms with Gasteiger partial charge < -0.3 is 4.74 Å². The second kappa shape index (κ2) is 8.18. The lowest BCUT2D eigenvalue weighted by Crippen LogP contribution is -2.09. The number of alkyl halides is 3. The summed E-state index contributed by atoms with van der Waals surface area (Å²) in [5.41, 5.74) is -0.0833. The standard InChI is InChI=1S/C15H18F3NOS/c1-3-11(7-8-21-10-19)13-9-12(15(16,17)18)5-6-14(13)20-4-2/h5-6,9,11H,3-4,7-8H2,1-2H3. The predicted octanol–water partition coefficient (Wildman–Crippen LogP) is 5.20. The zero-order valence-electron chi connectivity index (χ0n) is 12.0. The number of nitriles is 1. The fourth-order valence-electron chi connectivity index (χ4n) is 2.16. The Kier molecular flexibility index (Phi) is 6.90. The van der Waals surface area contributed by atoms with Crippen molar-refractivity contribution in [3.8, 4) is 11.2 Å². The van der Waals surface area contributed by atoms with Crippen LogP contribution in [0.3, 0.4) is 0 Å². The average molecular weight is 317 g/mol. The van der Waals surface area contributed by atoms with Gasteiger partial charge in [-0.3, -0.25) is 0 Å². The lowest BCUT2D eigenvalue weighted by atomic mass is 9.91. The van der Waals surface area contributed by atoms with Gasteiger partial charge in [-0.15, -0.1) is 0 Å². The molecule has 0 amide bonds. The van der Waals surface area contributed by atoms with Crippen molar-refractivity contribution in [2.75, 3.05) is 12.4 Å². The zero-order valence-corrected chi connectivity index (χ0v) is 12.9.